The first-order chi connectivity index (χ1) is 14.5. The summed E-state index contributed by atoms with van der Waals surface area (Å²) in [5, 5.41) is 7.12. The predicted octanol–water partition coefficient (Wildman–Crippen LogP) is 1.77. The molecule has 13 heteroatoms. The third-order valence-corrected chi connectivity index (χ3v) is 7.87. The van der Waals surface area contributed by atoms with E-state index in [9.17, 15) is 21.6 Å². The van der Waals surface area contributed by atoms with Gasteiger partial charge in [0.2, 0.25) is 0 Å². The second-order valence-electron chi connectivity index (χ2n) is 7.29. The molecular weight excluding hydrogens is 443 g/mol. The monoisotopic (exact) mass is 463 g/mol. The highest BCUT2D eigenvalue weighted by Crippen LogP contribution is 2.45. The number of alkyl halides is 3. The maximum Gasteiger partial charge on any atom is 0.490 e. The Hall–Kier alpha value is -2.67. The third-order valence-electron chi connectivity index (χ3n) is 5.27. The van der Waals surface area contributed by atoms with E-state index in [1.165, 1.54) is 0 Å². The van der Waals surface area contributed by atoms with E-state index >= 15 is 0 Å². The van der Waals surface area contributed by atoms with Crippen LogP contribution in [-0.4, -0.2) is 70.7 Å². The first-order valence-corrected chi connectivity index (χ1v) is 10.8. The molecule has 0 amide bonds. The van der Waals surface area contributed by atoms with Crippen molar-refractivity contribution in [1.82, 2.24) is 14.9 Å². The summed E-state index contributed by atoms with van der Waals surface area (Å²) < 4.78 is 67.0. The van der Waals surface area contributed by atoms with Gasteiger partial charge in [0.15, 0.2) is 9.84 Å². The Labute approximate surface area is 175 Å². The van der Waals surface area contributed by atoms with Gasteiger partial charge in [0.25, 0.3) is 0 Å². The van der Waals surface area contributed by atoms with Crippen LogP contribution in [0.1, 0.15) is 12.0 Å². The van der Waals surface area contributed by atoms with Crippen LogP contribution in [0.15, 0.2) is 41.5 Å². The van der Waals surface area contributed by atoms with Crippen molar-refractivity contribution in [1.29, 1.82) is 0 Å². The number of aromatic nitrogens is 2. The molecule has 0 radical (unpaired) electrons. The van der Waals surface area contributed by atoms with E-state index in [0.29, 0.717) is 38.7 Å². The normalized spacial score (nSPS) is 21.7. The lowest BCUT2D eigenvalue weighted by molar-refractivity contribution is -0.192. The van der Waals surface area contributed by atoms with Crippen molar-refractivity contribution < 1.29 is 40.6 Å². The molecule has 1 unspecified atom stereocenters. The van der Waals surface area contributed by atoms with Gasteiger partial charge in [-0.05, 0) is 18.6 Å². The summed E-state index contributed by atoms with van der Waals surface area (Å²) in [5.74, 6) is -2.55. The summed E-state index contributed by atoms with van der Waals surface area (Å²) in [4.78, 5) is 19.1. The maximum absolute atomic E-state index is 12.6. The summed E-state index contributed by atoms with van der Waals surface area (Å²) in [6.45, 7) is 2.14. The van der Waals surface area contributed by atoms with E-state index in [-0.39, 0.29) is 11.7 Å². The molecule has 1 spiro atoms. The van der Waals surface area contributed by atoms with E-state index in [0.717, 1.165) is 5.56 Å². The number of rotatable bonds is 5. The van der Waals surface area contributed by atoms with E-state index in [1.54, 1.807) is 31.0 Å². The number of halogens is 3. The minimum Gasteiger partial charge on any atom is -0.475 e. The molecule has 9 nitrogen and oxygen atoms in total. The molecule has 2 aromatic rings. The van der Waals surface area contributed by atoms with Gasteiger partial charge in [0.05, 0.1) is 24.9 Å². The predicted molar refractivity (Wildman–Crippen MR) is 99.8 cm³/mol. The Morgan fingerprint density at radius 1 is 1.32 bits per heavy atom. The first kappa shape index (κ1) is 23.0. The van der Waals surface area contributed by atoms with Gasteiger partial charge in [-0.3, -0.25) is 4.90 Å². The second kappa shape index (κ2) is 8.83. The smallest absolute Gasteiger partial charge is 0.475 e. The minimum absolute atomic E-state index is 0.0214. The van der Waals surface area contributed by atoms with Crippen LogP contribution in [0.25, 0.3) is 0 Å². The molecule has 31 heavy (non-hydrogen) atoms. The zero-order valence-corrected chi connectivity index (χ0v) is 17.0. The molecule has 4 rings (SSSR count). The number of ether oxygens (including phenoxy) is 1. The number of hydrogen-bond acceptors (Lipinski definition) is 8. The minimum atomic E-state index is -5.08. The van der Waals surface area contributed by atoms with E-state index in [4.69, 9.17) is 19.1 Å². The van der Waals surface area contributed by atoms with Crippen molar-refractivity contribution in [3.05, 3.63) is 42.6 Å². The molecule has 0 aliphatic carbocycles. The first-order valence-electron chi connectivity index (χ1n) is 9.19. The van der Waals surface area contributed by atoms with Crippen LogP contribution in [-0.2, 0) is 21.2 Å². The molecule has 0 saturated carbocycles. The molecule has 2 aliphatic heterocycles. The molecule has 2 aromatic heterocycles. The van der Waals surface area contributed by atoms with Gasteiger partial charge in [0, 0.05) is 43.5 Å². The second-order valence-corrected chi connectivity index (χ2v) is 9.74. The maximum atomic E-state index is 12.6. The third kappa shape index (κ3) is 5.15. The van der Waals surface area contributed by atoms with Gasteiger partial charge < -0.3 is 14.3 Å². The van der Waals surface area contributed by atoms with Crippen molar-refractivity contribution in [3.8, 4) is 6.01 Å². The molecule has 1 atom stereocenters. The van der Waals surface area contributed by atoms with Crippen LogP contribution in [0.2, 0.25) is 0 Å². The Bertz CT molecular complexity index is 977. The van der Waals surface area contributed by atoms with Crippen molar-refractivity contribution >= 4 is 15.8 Å². The Morgan fingerprint density at radius 3 is 2.52 bits per heavy atom. The van der Waals surface area contributed by atoms with Gasteiger partial charge in [-0.25, -0.2) is 23.2 Å². The number of nitrogens with zero attached hydrogens (tertiary/aromatic N) is 3. The Kier molecular flexibility index (Phi) is 6.55. The van der Waals surface area contributed by atoms with E-state index in [2.05, 4.69) is 14.9 Å². The number of furan rings is 1. The number of carboxylic acids is 1. The topological polar surface area (TPSA) is 123 Å². The lowest BCUT2D eigenvalue weighted by Crippen LogP contribution is -2.67. The molecule has 2 saturated heterocycles. The van der Waals surface area contributed by atoms with Gasteiger partial charge in [-0.1, -0.05) is 0 Å². The van der Waals surface area contributed by atoms with Crippen molar-refractivity contribution in [2.45, 2.75) is 23.9 Å². The highest BCUT2D eigenvalue weighted by molar-refractivity contribution is 7.93. The van der Waals surface area contributed by atoms with E-state index < -0.39 is 26.7 Å². The van der Waals surface area contributed by atoms with Crippen LogP contribution in [0.4, 0.5) is 13.2 Å². The molecule has 2 aliphatic rings. The fraction of sp³-hybridized carbons (Fsp3) is 0.500. The molecular formula is C18H20F3N3O6S. The summed E-state index contributed by atoms with van der Waals surface area (Å²) in [7, 11) is -3.10. The average molecular weight is 463 g/mol. The summed E-state index contributed by atoms with van der Waals surface area (Å²) >= 11 is 0. The van der Waals surface area contributed by atoms with Gasteiger partial charge in [0.1, 0.15) is 4.75 Å². The molecule has 2 fully saturated rings. The van der Waals surface area contributed by atoms with Gasteiger partial charge in [-0.2, -0.15) is 13.2 Å². The number of carboxylic acid groups (broad SMARTS) is 1. The Balaban J connectivity index is 0.000000339. The molecule has 1 N–H and O–H groups in total. The largest absolute Gasteiger partial charge is 0.490 e. The van der Waals surface area contributed by atoms with Gasteiger partial charge >= 0.3 is 18.2 Å². The van der Waals surface area contributed by atoms with Crippen molar-refractivity contribution in [2.75, 3.05) is 25.4 Å². The average Bonchev–Trinajstić information content (AvgIpc) is 3.27. The van der Waals surface area contributed by atoms with Crippen LogP contribution in [0.5, 0.6) is 6.01 Å². The molecule has 4 heterocycles. The van der Waals surface area contributed by atoms with Crippen LogP contribution >= 0.6 is 0 Å². The molecule has 0 aromatic carbocycles. The van der Waals surface area contributed by atoms with Crippen LogP contribution in [0.3, 0.4) is 0 Å². The number of hydrogen-bond donors (Lipinski definition) is 1. The number of carbonyl (C=O) groups is 1. The van der Waals surface area contributed by atoms with Gasteiger partial charge in [-0.15, -0.1) is 0 Å². The standard InChI is InChI=1S/C16H19N3O4S.C2HF3O2/c20-24(21)7-3-14(10-23-15-17-4-1-5-18-15)16(24)11-19(12-16)8-13-2-6-22-9-13;3-2(4,5)1(6)7/h1-2,4-6,9,14H,3,7-8,10-12H2;(H,6,7). The summed E-state index contributed by atoms with van der Waals surface area (Å²) in [6, 6.07) is 3.92. The van der Waals surface area contributed by atoms with Crippen molar-refractivity contribution in [3.63, 3.8) is 0 Å². The number of likely N-dealkylation sites (tertiary alicyclic amines) is 1. The summed E-state index contributed by atoms with van der Waals surface area (Å²) in [6.07, 6.45) is 2.10. The highest BCUT2D eigenvalue weighted by Gasteiger charge is 2.61. The molecule has 0 bridgehead atoms. The Morgan fingerprint density at radius 2 is 1.97 bits per heavy atom. The zero-order chi connectivity index (χ0) is 22.7. The lowest BCUT2D eigenvalue weighted by atomic mass is 9.83. The fourth-order valence-corrected chi connectivity index (χ4v) is 6.16. The fourth-order valence-electron chi connectivity index (χ4n) is 3.71. The van der Waals surface area contributed by atoms with E-state index in [1.807, 2.05) is 6.07 Å². The highest BCUT2D eigenvalue weighted by atomic mass is 32.2. The van der Waals surface area contributed by atoms with Crippen LogP contribution < -0.4 is 4.74 Å². The van der Waals surface area contributed by atoms with Crippen LogP contribution in [0, 0.1) is 5.92 Å². The van der Waals surface area contributed by atoms with Crippen molar-refractivity contribution in [2.24, 2.45) is 5.92 Å². The lowest BCUT2D eigenvalue weighted by Gasteiger charge is -2.49. The number of sulfone groups is 1. The SMILES string of the molecule is O=C(O)C(F)(F)F.O=S1(=O)CCC(COc2ncccn2)C12CN(Cc1ccoc1)C2. The molecule has 170 valence electrons. The zero-order valence-electron chi connectivity index (χ0n) is 16.2. The quantitative estimate of drug-likeness (QED) is 0.707. The number of aliphatic carboxylic acids is 1. The summed E-state index contributed by atoms with van der Waals surface area (Å²) in [5.41, 5.74) is 1.06.